The third-order valence-corrected chi connectivity index (χ3v) is 7.31. The summed E-state index contributed by atoms with van der Waals surface area (Å²) in [5, 5.41) is 2.78. The smallest absolute Gasteiger partial charge is 0.328 e. The zero-order chi connectivity index (χ0) is 26.1. The third-order valence-electron chi connectivity index (χ3n) is 4.53. The molecule has 0 saturated heterocycles. The van der Waals surface area contributed by atoms with E-state index in [2.05, 4.69) is 23.5 Å². The predicted octanol–water partition coefficient (Wildman–Crippen LogP) is 6.74. The van der Waals surface area contributed by atoms with Crippen molar-refractivity contribution in [1.82, 2.24) is 5.32 Å². The van der Waals surface area contributed by atoms with Gasteiger partial charge >= 0.3 is 5.97 Å². The van der Waals surface area contributed by atoms with Crippen molar-refractivity contribution in [2.75, 3.05) is 29.9 Å². The summed E-state index contributed by atoms with van der Waals surface area (Å²) in [5.74, 6) is 1.62. The summed E-state index contributed by atoms with van der Waals surface area (Å²) in [7, 11) is 0. The van der Waals surface area contributed by atoms with Crippen LogP contribution < -0.4 is 5.32 Å². The summed E-state index contributed by atoms with van der Waals surface area (Å²) < 4.78 is 18.3. The van der Waals surface area contributed by atoms with Crippen molar-refractivity contribution in [2.24, 2.45) is 0 Å². The minimum atomic E-state index is -0.830. The standard InChI is InChI=1S/C24H28Cl2FNO3S2.C2H6/c1-2-31-24(30)22(15-17-3-6-19(27)7-4-17)28-23(29)8-5-18-13-20(32-11-9-25)16-21(14-18)33-12-10-26;1-2/h3-4,6-7,13-14,16,22H,2,5,8-12,15H2,1H3,(H,28,29);1-2H3/t22-;/m0./s1. The Bertz CT molecular complexity index is 874. The van der Waals surface area contributed by atoms with Gasteiger partial charge in [0, 0.05) is 45.9 Å². The first-order valence-electron chi connectivity index (χ1n) is 11.7. The van der Waals surface area contributed by atoms with Gasteiger partial charge in [0.15, 0.2) is 0 Å². The monoisotopic (exact) mass is 561 g/mol. The highest BCUT2D eigenvalue weighted by Gasteiger charge is 2.22. The van der Waals surface area contributed by atoms with E-state index >= 15 is 0 Å². The number of rotatable bonds is 14. The molecule has 1 amide bonds. The average Bonchev–Trinajstić information content (AvgIpc) is 2.87. The third kappa shape index (κ3) is 12.9. The first-order chi connectivity index (χ1) is 16.9. The van der Waals surface area contributed by atoms with Gasteiger partial charge in [0.2, 0.25) is 5.91 Å². The Morgan fingerprint density at radius 2 is 1.54 bits per heavy atom. The van der Waals surface area contributed by atoms with Gasteiger partial charge in [0.05, 0.1) is 6.61 Å². The first kappa shape index (κ1) is 31.6. The number of benzene rings is 2. The zero-order valence-corrected chi connectivity index (χ0v) is 23.6. The fraction of sp³-hybridized carbons (Fsp3) is 0.462. The maximum Gasteiger partial charge on any atom is 0.328 e. The number of aryl methyl sites for hydroxylation is 1. The quantitative estimate of drug-likeness (QED) is 0.157. The summed E-state index contributed by atoms with van der Waals surface area (Å²) >= 11 is 15.0. The van der Waals surface area contributed by atoms with Crippen molar-refractivity contribution < 1.29 is 18.7 Å². The van der Waals surface area contributed by atoms with Crippen LogP contribution in [0.2, 0.25) is 0 Å². The lowest BCUT2D eigenvalue weighted by Gasteiger charge is -2.18. The molecule has 2 aromatic carbocycles. The second-order valence-corrected chi connectivity index (χ2v) is 10.2. The second kappa shape index (κ2) is 18.8. The number of ether oxygens (including phenoxy) is 1. The zero-order valence-electron chi connectivity index (χ0n) is 20.5. The lowest BCUT2D eigenvalue weighted by atomic mass is 10.0. The van der Waals surface area contributed by atoms with E-state index in [-0.39, 0.29) is 31.2 Å². The first-order valence-corrected chi connectivity index (χ1v) is 14.7. The van der Waals surface area contributed by atoms with Crippen molar-refractivity contribution in [1.29, 1.82) is 0 Å². The number of carbonyl (C=O) groups excluding carboxylic acids is 2. The Morgan fingerprint density at radius 1 is 0.971 bits per heavy atom. The van der Waals surface area contributed by atoms with Crippen molar-refractivity contribution in [3.63, 3.8) is 0 Å². The number of amides is 1. The highest BCUT2D eigenvalue weighted by atomic mass is 35.5. The Balaban J connectivity index is 0.00000298. The van der Waals surface area contributed by atoms with Gasteiger partial charge in [-0.05, 0) is 54.8 Å². The van der Waals surface area contributed by atoms with Gasteiger partial charge in [-0.3, -0.25) is 4.79 Å². The highest BCUT2D eigenvalue weighted by Crippen LogP contribution is 2.28. The molecule has 194 valence electrons. The SMILES string of the molecule is CC.CCOC(=O)[C@H](Cc1ccc(F)cc1)NC(=O)CCc1cc(SCCCl)cc(SCCCl)c1. The molecule has 0 fully saturated rings. The summed E-state index contributed by atoms with van der Waals surface area (Å²) in [6, 6.07) is 11.3. The number of halogens is 3. The van der Waals surface area contributed by atoms with Crippen molar-refractivity contribution in [3.8, 4) is 0 Å². The summed E-state index contributed by atoms with van der Waals surface area (Å²) in [5.41, 5.74) is 1.77. The number of hydrogen-bond acceptors (Lipinski definition) is 5. The molecule has 0 aliphatic carbocycles. The van der Waals surface area contributed by atoms with Crippen LogP contribution in [0, 0.1) is 5.82 Å². The van der Waals surface area contributed by atoms with E-state index < -0.39 is 12.0 Å². The maximum absolute atomic E-state index is 13.2. The molecular formula is C26H34Cl2FNO3S2. The van der Waals surface area contributed by atoms with Gasteiger partial charge in [-0.2, -0.15) is 0 Å². The predicted molar refractivity (Wildman–Crippen MR) is 148 cm³/mol. The molecule has 1 atom stereocenters. The largest absolute Gasteiger partial charge is 0.464 e. The van der Waals surface area contributed by atoms with Crippen LogP contribution in [0.4, 0.5) is 4.39 Å². The van der Waals surface area contributed by atoms with E-state index in [1.165, 1.54) is 12.1 Å². The Labute approximate surface area is 227 Å². The number of esters is 1. The number of nitrogens with one attached hydrogen (secondary N) is 1. The van der Waals surface area contributed by atoms with Crippen LogP contribution in [0.5, 0.6) is 0 Å². The fourth-order valence-corrected chi connectivity index (χ4v) is 5.12. The highest BCUT2D eigenvalue weighted by molar-refractivity contribution is 8.00. The van der Waals surface area contributed by atoms with Crippen LogP contribution in [0.3, 0.4) is 0 Å². The van der Waals surface area contributed by atoms with Crippen molar-refractivity contribution in [3.05, 3.63) is 59.4 Å². The number of thioether (sulfide) groups is 2. The van der Waals surface area contributed by atoms with Crippen LogP contribution in [0.15, 0.2) is 52.3 Å². The van der Waals surface area contributed by atoms with Gasteiger partial charge in [-0.25, -0.2) is 9.18 Å². The van der Waals surface area contributed by atoms with Crippen LogP contribution in [-0.2, 0) is 27.2 Å². The molecule has 0 saturated carbocycles. The van der Waals surface area contributed by atoms with Gasteiger partial charge in [-0.1, -0.05) is 26.0 Å². The molecule has 35 heavy (non-hydrogen) atoms. The molecule has 0 heterocycles. The van der Waals surface area contributed by atoms with Crippen LogP contribution in [-0.4, -0.2) is 47.8 Å². The molecular weight excluding hydrogens is 528 g/mol. The molecule has 0 aliphatic rings. The van der Waals surface area contributed by atoms with E-state index in [9.17, 15) is 14.0 Å². The Kier molecular flexibility index (Phi) is 17.0. The Hall–Kier alpha value is -1.41. The van der Waals surface area contributed by atoms with Crippen LogP contribution in [0.25, 0.3) is 0 Å². The average molecular weight is 563 g/mol. The van der Waals surface area contributed by atoms with E-state index in [1.807, 2.05) is 13.8 Å². The molecule has 0 bridgehead atoms. The molecule has 2 rings (SSSR count). The van der Waals surface area contributed by atoms with Gasteiger partial charge in [-0.15, -0.1) is 46.7 Å². The molecule has 0 aromatic heterocycles. The van der Waals surface area contributed by atoms with Gasteiger partial charge < -0.3 is 10.1 Å². The minimum absolute atomic E-state index is 0.212. The molecule has 0 spiro atoms. The molecule has 4 nitrogen and oxygen atoms in total. The topological polar surface area (TPSA) is 55.4 Å². The second-order valence-electron chi connectivity index (χ2n) is 7.09. The lowest BCUT2D eigenvalue weighted by molar-refractivity contribution is -0.147. The van der Waals surface area contributed by atoms with Crippen molar-refractivity contribution in [2.45, 2.75) is 55.9 Å². The van der Waals surface area contributed by atoms with Gasteiger partial charge in [0.25, 0.3) is 0 Å². The Morgan fingerprint density at radius 3 is 2.06 bits per heavy atom. The van der Waals surface area contributed by atoms with Crippen LogP contribution >= 0.6 is 46.7 Å². The summed E-state index contributed by atoms with van der Waals surface area (Å²) in [6.45, 7) is 5.92. The van der Waals surface area contributed by atoms with Gasteiger partial charge in [0.1, 0.15) is 11.9 Å². The molecule has 1 N–H and O–H groups in total. The number of hydrogen-bond donors (Lipinski definition) is 1. The van der Waals surface area contributed by atoms with Crippen molar-refractivity contribution >= 4 is 58.6 Å². The normalized spacial score (nSPS) is 11.3. The van der Waals surface area contributed by atoms with E-state index in [4.69, 9.17) is 27.9 Å². The molecule has 0 radical (unpaired) electrons. The lowest BCUT2D eigenvalue weighted by Crippen LogP contribution is -2.43. The molecule has 9 heteroatoms. The summed E-state index contributed by atoms with van der Waals surface area (Å²) in [6.07, 6.45) is 0.985. The molecule has 0 aliphatic heterocycles. The molecule has 0 unspecified atom stereocenters. The van der Waals surface area contributed by atoms with E-state index in [0.29, 0.717) is 18.2 Å². The van der Waals surface area contributed by atoms with E-state index in [1.54, 1.807) is 42.6 Å². The number of alkyl halides is 2. The number of carbonyl (C=O) groups is 2. The fourth-order valence-electron chi connectivity index (χ4n) is 3.07. The summed E-state index contributed by atoms with van der Waals surface area (Å²) in [4.78, 5) is 27.3. The van der Waals surface area contributed by atoms with Crippen LogP contribution in [0.1, 0.15) is 38.3 Å². The molecule has 2 aromatic rings. The minimum Gasteiger partial charge on any atom is -0.464 e. The maximum atomic E-state index is 13.2. The van der Waals surface area contributed by atoms with E-state index in [0.717, 1.165) is 32.4 Å².